The van der Waals surface area contributed by atoms with Crippen molar-refractivity contribution in [3.63, 3.8) is 0 Å². The summed E-state index contributed by atoms with van der Waals surface area (Å²) in [5.41, 5.74) is 1.31. The summed E-state index contributed by atoms with van der Waals surface area (Å²) >= 11 is 6.15. The van der Waals surface area contributed by atoms with Gasteiger partial charge in [0.15, 0.2) is 0 Å². The molecule has 1 aliphatic rings. The second kappa shape index (κ2) is 7.50. The Morgan fingerprint density at radius 1 is 1.04 bits per heavy atom. The Morgan fingerprint density at radius 2 is 1.79 bits per heavy atom. The Bertz CT molecular complexity index is 1160. The fourth-order valence-electron chi connectivity index (χ4n) is 3.23. The van der Waals surface area contributed by atoms with E-state index in [1.54, 1.807) is 12.1 Å². The minimum atomic E-state index is -3.69. The van der Waals surface area contributed by atoms with Crippen LogP contribution in [0.15, 0.2) is 59.5 Å². The lowest BCUT2D eigenvalue weighted by molar-refractivity contribution is 0.102. The molecule has 0 spiro atoms. The Labute approximate surface area is 168 Å². The summed E-state index contributed by atoms with van der Waals surface area (Å²) in [6.07, 6.45) is 1.67. The van der Waals surface area contributed by atoms with Crippen molar-refractivity contribution in [2.24, 2.45) is 0 Å². The summed E-state index contributed by atoms with van der Waals surface area (Å²) in [6.45, 7) is 0.965. The van der Waals surface area contributed by atoms with Crippen molar-refractivity contribution in [2.75, 3.05) is 18.4 Å². The average Bonchev–Trinajstić information content (AvgIpc) is 3.24. The Morgan fingerprint density at radius 3 is 2.57 bits per heavy atom. The highest BCUT2D eigenvalue weighted by atomic mass is 35.5. The molecule has 1 amide bonds. The molecule has 0 aliphatic carbocycles. The lowest BCUT2D eigenvalue weighted by Gasteiger charge is -2.17. The number of carbonyl (C=O) groups is 1. The molecule has 1 fully saturated rings. The second-order valence-electron chi connectivity index (χ2n) is 6.60. The van der Waals surface area contributed by atoms with Gasteiger partial charge in [0.25, 0.3) is 5.91 Å². The third-order valence-electron chi connectivity index (χ3n) is 4.70. The molecular formula is C20H18ClN3O3S. The van der Waals surface area contributed by atoms with Gasteiger partial charge >= 0.3 is 0 Å². The van der Waals surface area contributed by atoms with E-state index in [1.165, 1.54) is 16.4 Å². The van der Waals surface area contributed by atoms with Gasteiger partial charge in [-0.3, -0.25) is 4.79 Å². The molecule has 1 saturated heterocycles. The molecule has 1 aromatic heterocycles. The molecule has 28 heavy (non-hydrogen) atoms. The maximum atomic E-state index is 12.8. The number of fused-ring (bicyclic) bond motifs is 1. The predicted molar refractivity (Wildman–Crippen MR) is 109 cm³/mol. The fraction of sp³-hybridized carbons (Fsp3) is 0.200. The van der Waals surface area contributed by atoms with E-state index in [4.69, 9.17) is 11.6 Å². The van der Waals surface area contributed by atoms with Crippen molar-refractivity contribution in [1.82, 2.24) is 9.29 Å². The van der Waals surface area contributed by atoms with E-state index in [0.29, 0.717) is 24.3 Å². The van der Waals surface area contributed by atoms with Crippen molar-refractivity contribution in [3.8, 4) is 0 Å². The Kier molecular flexibility index (Phi) is 5.05. The van der Waals surface area contributed by atoms with Crippen molar-refractivity contribution in [2.45, 2.75) is 17.7 Å². The monoisotopic (exact) mass is 415 g/mol. The molecule has 144 valence electrons. The van der Waals surface area contributed by atoms with Gasteiger partial charge in [0.1, 0.15) is 10.6 Å². The summed E-state index contributed by atoms with van der Waals surface area (Å²) in [5, 5.41) is 3.78. The second-order valence-corrected chi connectivity index (χ2v) is 8.91. The molecule has 1 N–H and O–H groups in total. The summed E-state index contributed by atoms with van der Waals surface area (Å²) in [5.74, 6) is -0.419. The number of carbonyl (C=O) groups excluding carboxylic acids is 1. The number of hydrogen-bond donors (Lipinski definition) is 1. The standard InChI is InChI=1S/C20H18ClN3O3S/c21-16-9-8-15(13-19(16)28(26,27)24-11-3-4-12-24)22-20(25)18-10-7-14-5-1-2-6-17(14)23-18/h1-2,5-10,13H,3-4,11-12H2,(H,22,25). The third kappa shape index (κ3) is 3.61. The lowest BCUT2D eigenvalue weighted by Crippen LogP contribution is -2.28. The maximum absolute atomic E-state index is 12.8. The van der Waals surface area contributed by atoms with E-state index in [2.05, 4.69) is 10.3 Å². The molecule has 2 aromatic carbocycles. The van der Waals surface area contributed by atoms with Crippen LogP contribution < -0.4 is 5.32 Å². The van der Waals surface area contributed by atoms with Crippen LogP contribution in [0, 0.1) is 0 Å². The van der Waals surface area contributed by atoms with Crippen molar-refractivity contribution < 1.29 is 13.2 Å². The first kappa shape index (κ1) is 18.9. The van der Waals surface area contributed by atoms with Crippen molar-refractivity contribution in [3.05, 3.63) is 65.3 Å². The fourth-order valence-corrected chi connectivity index (χ4v) is 5.25. The van der Waals surface area contributed by atoms with Gasteiger partial charge in [-0.25, -0.2) is 13.4 Å². The molecule has 0 bridgehead atoms. The topological polar surface area (TPSA) is 79.4 Å². The first-order chi connectivity index (χ1) is 13.4. The van der Waals surface area contributed by atoms with Crippen molar-refractivity contribution >= 4 is 44.1 Å². The van der Waals surface area contributed by atoms with Gasteiger partial charge in [0, 0.05) is 24.2 Å². The zero-order valence-corrected chi connectivity index (χ0v) is 16.5. The largest absolute Gasteiger partial charge is 0.321 e. The molecule has 2 heterocycles. The van der Waals surface area contributed by atoms with E-state index in [-0.39, 0.29) is 15.6 Å². The quantitative estimate of drug-likeness (QED) is 0.700. The van der Waals surface area contributed by atoms with Crippen LogP contribution >= 0.6 is 11.6 Å². The first-order valence-corrected chi connectivity index (χ1v) is 10.7. The van der Waals surface area contributed by atoms with E-state index in [9.17, 15) is 13.2 Å². The van der Waals surface area contributed by atoms with Gasteiger partial charge in [-0.15, -0.1) is 0 Å². The lowest BCUT2D eigenvalue weighted by atomic mass is 10.2. The van der Waals surface area contributed by atoms with Crippen LogP contribution in [0.1, 0.15) is 23.3 Å². The number of aromatic nitrogens is 1. The SMILES string of the molecule is O=C(Nc1ccc(Cl)c(S(=O)(=O)N2CCCC2)c1)c1ccc2ccccc2n1. The molecule has 3 aromatic rings. The number of sulfonamides is 1. The van der Waals surface area contributed by atoms with Crippen LogP contribution in [0.5, 0.6) is 0 Å². The van der Waals surface area contributed by atoms with Gasteiger partial charge in [-0.1, -0.05) is 35.9 Å². The molecule has 4 rings (SSSR count). The minimum absolute atomic E-state index is 0.000312. The summed E-state index contributed by atoms with van der Waals surface area (Å²) in [4.78, 5) is 17.0. The number of para-hydroxylation sites is 1. The number of pyridine rings is 1. The summed E-state index contributed by atoms with van der Waals surface area (Å²) in [7, 11) is -3.69. The average molecular weight is 416 g/mol. The van der Waals surface area contributed by atoms with Crippen LogP contribution in [0.3, 0.4) is 0 Å². The van der Waals surface area contributed by atoms with Crippen LogP contribution in [-0.4, -0.2) is 36.7 Å². The van der Waals surface area contributed by atoms with E-state index in [1.807, 2.05) is 30.3 Å². The molecular weight excluding hydrogens is 398 g/mol. The number of hydrogen-bond acceptors (Lipinski definition) is 4. The molecule has 0 radical (unpaired) electrons. The van der Waals surface area contributed by atoms with Crippen LogP contribution in [0.2, 0.25) is 5.02 Å². The zero-order chi connectivity index (χ0) is 19.7. The minimum Gasteiger partial charge on any atom is -0.321 e. The third-order valence-corrected chi connectivity index (χ3v) is 7.08. The number of rotatable bonds is 4. The number of amides is 1. The number of nitrogens with one attached hydrogen (secondary N) is 1. The Hall–Kier alpha value is -2.48. The Balaban J connectivity index is 1.61. The number of anilines is 1. The molecule has 0 saturated carbocycles. The van der Waals surface area contributed by atoms with E-state index >= 15 is 0 Å². The molecule has 0 atom stereocenters. The number of benzene rings is 2. The maximum Gasteiger partial charge on any atom is 0.274 e. The van der Waals surface area contributed by atoms with Gasteiger partial charge in [0.2, 0.25) is 10.0 Å². The highest BCUT2D eigenvalue weighted by Crippen LogP contribution is 2.29. The summed E-state index contributed by atoms with van der Waals surface area (Å²) < 4.78 is 27.1. The van der Waals surface area contributed by atoms with Gasteiger partial charge < -0.3 is 5.32 Å². The number of nitrogens with zero attached hydrogens (tertiary/aromatic N) is 2. The molecule has 8 heteroatoms. The highest BCUT2D eigenvalue weighted by Gasteiger charge is 2.29. The molecule has 6 nitrogen and oxygen atoms in total. The zero-order valence-electron chi connectivity index (χ0n) is 14.9. The van der Waals surface area contributed by atoms with Crippen LogP contribution in [-0.2, 0) is 10.0 Å². The van der Waals surface area contributed by atoms with Crippen LogP contribution in [0.4, 0.5) is 5.69 Å². The van der Waals surface area contributed by atoms with Gasteiger partial charge in [0.05, 0.1) is 10.5 Å². The smallest absolute Gasteiger partial charge is 0.274 e. The normalized spacial score (nSPS) is 15.0. The van der Waals surface area contributed by atoms with Gasteiger partial charge in [-0.05, 0) is 43.2 Å². The van der Waals surface area contributed by atoms with E-state index in [0.717, 1.165) is 18.2 Å². The predicted octanol–water partition coefficient (Wildman–Crippen LogP) is 3.93. The van der Waals surface area contributed by atoms with Crippen LogP contribution in [0.25, 0.3) is 10.9 Å². The molecule has 0 unspecified atom stereocenters. The number of halogens is 1. The molecule has 1 aliphatic heterocycles. The summed E-state index contributed by atoms with van der Waals surface area (Å²) in [6, 6.07) is 15.4. The highest BCUT2D eigenvalue weighted by molar-refractivity contribution is 7.89. The first-order valence-electron chi connectivity index (χ1n) is 8.92. The van der Waals surface area contributed by atoms with Crippen molar-refractivity contribution in [1.29, 1.82) is 0 Å². The van der Waals surface area contributed by atoms with Gasteiger partial charge in [-0.2, -0.15) is 4.31 Å². The van der Waals surface area contributed by atoms with E-state index < -0.39 is 15.9 Å².